The number of hydrogen-bond acceptors (Lipinski definition) is 5. The van der Waals surface area contributed by atoms with Crippen molar-refractivity contribution in [1.29, 1.82) is 0 Å². The highest BCUT2D eigenvalue weighted by molar-refractivity contribution is 5.83. The highest BCUT2D eigenvalue weighted by Gasteiger charge is 2.28. The molecule has 33 heavy (non-hydrogen) atoms. The Balaban J connectivity index is 1.60. The number of carbonyl (C=O) groups is 1. The summed E-state index contributed by atoms with van der Waals surface area (Å²) in [4.78, 5) is 22.6. The van der Waals surface area contributed by atoms with Gasteiger partial charge in [0.05, 0.1) is 11.0 Å². The van der Waals surface area contributed by atoms with Crippen LogP contribution < -0.4 is 9.47 Å². The van der Waals surface area contributed by atoms with Crippen molar-refractivity contribution in [1.82, 2.24) is 19.4 Å². The van der Waals surface area contributed by atoms with Gasteiger partial charge in [-0.3, -0.25) is 9.78 Å². The fraction of sp³-hybridized carbons (Fsp3) is 0.240. The third-order valence-corrected chi connectivity index (χ3v) is 5.70. The lowest BCUT2D eigenvalue weighted by Gasteiger charge is -2.26. The van der Waals surface area contributed by atoms with E-state index in [2.05, 4.69) is 4.98 Å². The Morgan fingerprint density at radius 1 is 1.15 bits per heavy atom. The molecule has 2 aromatic heterocycles. The first kappa shape index (κ1) is 20.9. The van der Waals surface area contributed by atoms with Crippen LogP contribution in [0.15, 0.2) is 60.9 Å². The van der Waals surface area contributed by atoms with Crippen molar-refractivity contribution < 1.29 is 18.7 Å². The maximum atomic E-state index is 15.0. The van der Waals surface area contributed by atoms with E-state index in [4.69, 9.17) is 14.5 Å². The Labute approximate surface area is 190 Å². The van der Waals surface area contributed by atoms with Crippen LogP contribution in [0.3, 0.4) is 0 Å². The van der Waals surface area contributed by atoms with E-state index in [9.17, 15) is 4.79 Å². The van der Waals surface area contributed by atoms with Crippen molar-refractivity contribution >= 4 is 16.9 Å². The Morgan fingerprint density at radius 2 is 1.91 bits per heavy atom. The molecular weight excluding hydrogens is 423 g/mol. The van der Waals surface area contributed by atoms with Crippen molar-refractivity contribution in [3.8, 4) is 22.6 Å². The largest absolute Gasteiger partial charge is 0.485 e. The van der Waals surface area contributed by atoms with Crippen LogP contribution in [-0.2, 0) is 11.3 Å². The standard InChI is InChI=1S/C25H23FN4O3/c1-29(2)24(31)9-12-30-20-13-17(16-7-10-27-11-8-16)18(26)14-19(20)28-25(30)23-15-32-21-5-3-4-6-22(21)33-23/h3-8,10-11,13-14,23H,9,12,15H2,1-2H3. The number of ether oxygens (including phenoxy) is 2. The molecular formula is C25H23FN4O3. The van der Waals surface area contributed by atoms with Gasteiger partial charge >= 0.3 is 0 Å². The van der Waals surface area contributed by atoms with Gasteiger partial charge in [-0.15, -0.1) is 0 Å². The number of aromatic nitrogens is 3. The van der Waals surface area contributed by atoms with E-state index >= 15 is 4.39 Å². The summed E-state index contributed by atoms with van der Waals surface area (Å²) in [5.74, 6) is 1.51. The van der Waals surface area contributed by atoms with Crippen molar-refractivity contribution in [2.24, 2.45) is 0 Å². The number of fused-ring (bicyclic) bond motifs is 2. The van der Waals surface area contributed by atoms with Crippen LogP contribution >= 0.6 is 0 Å². The SMILES string of the molecule is CN(C)C(=O)CCn1c(C2COc3ccccc3O2)nc2cc(F)c(-c3ccncc3)cc21. The minimum absolute atomic E-state index is 0.00886. The van der Waals surface area contributed by atoms with Gasteiger partial charge in [0, 0.05) is 51.1 Å². The first-order valence-corrected chi connectivity index (χ1v) is 10.7. The predicted molar refractivity (Wildman–Crippen MR) is 122 cm³/mol. The minimum atomic E-state index is -0.491. The van der Waals surface area contributed by atoms with E-state index in [0.29, 0.717) is 40.5 Å². The smallest absolute Gasteiger partial charge is 0.223 e. The number of benzene rings is 2. The first-order chi connectivity index (χ1) is 16.0. The van der Waals surface area contributed by atoms with Gasteiger partial charge in [0.25, 0.3) is 0 Å². The van der Waals surface area contributed by atoms with Gasteiger partial charge in [-0.05, 0) is 35.9 Å². The zero-order valence-corrected chi connectivity index (χ0v) is 18.4. The summed E-state index contributed by atoms with van der Waals surface area (Å²) in [6.07, 6.45) is 3.04. The molecule has 1 aliphatic heterocycles. The molecule has 1 aliphatic rings. The Morgan fingerprint density at radius 3 is 2.67 bits per heavy atom. The first-order valence-electron chi connectivity index (χ1n) is 10.7. The quantitative estimate of drug-likeness (QED) is 0.459. The molecule has 5 rings (SSSR count). The maximum absolute atomic E-state index is 15.0. The maximum Gasteiger partial charge on any atom is 0.223 e. The third-order valence-electron chi connectivity index (χ3n) is 5.70. The molecule has 8 heteroatoms. The van der Waals surface area contributed by atoms with Gasteiger partial charge in [-0.25, -0.2) is 9.37 Å². The molecule has 0 radical (unpaired) electrons. The molecule has 7 nitrogen and oxygen atoms in total. The molecule has 168 valence electrons. The number of aryl methyl sites for hydroxylation is 1. The topological polar surface area (TPSA) is 69.5 Å². The number of rotatable bonds is 5. The molecule has 0 spiro atoms. The van der Waals surface area contributed by atoms with Crippen molar-refractivity contribution in [2.75, 3.05) is 20.7 Å². The number of carbonyl (C=O) groups excluding carboxylic acids is 1. The zero-order valence-electron chi connectivity index (χ0n) is 18.4. The molecule has 1 atom stereocenters. The number of nitrogens with zero attached hydrogens (tertiary/aromatic N) is 4. The fourth-order valence-corrected chi connectivity index (χ4v) is 3.98. The zero-order chi connectivity index (χ0) is 22.9. The monoisotopic (exact) mass is 446 g/mol. The molecule has 4 aromatic rings. The second kappa shape index (κ2) is 8.54. The predicted octanol–water partition coefficient (Wildman–Crippen LogP) is 4.23. The minimum Gasteiger partial charge on any atom is -0.485 e. The molecule has 0 aliphatic carbocycles. The number of pyridine rings is 1. The number of halogens is 1. The molecule has 1 amide bonds. The lowest BCUT2D eigenvalue weighted by atomic mass is 10.1. The van der Waals surface area contributed by atoms with Crippen LogP contribution in [-0.4, -0.2) is 46.0 Å². The third kappa shape index (κ3) is 4.00. The summed E-state index contributed by atoms with van der Waals surface area (Å²) in [6.45, 7) is 0.646. The average Bonchev–Trinajstić information content (AvgIpc) is 3.19. The van der Waals surface area contributed by atoms with Gasteiger partial charge in [-0.1, -0.05) is 12.1 Å². The van der Waals surface area contributed by atoms with Crippen LogP contribution in [0.4, 0.5) is 4.39 Å². The van der Waals surface area contributed by atoms with Crippen molar-refractivity contribution in [3.63, 3.8) is 0 Å². The van der Waals surface area contributed by atoms with E-state index < -0.39 is 6.10 Å². The summed E-state index contributed by atoms with van der Waals surface area (Å²) in [6, 6.07) is 14.2. The lowest BCUT2D eigenvalue weighted by Crippen LogP contribution is -2.26. The summed E-state index contributed by atoms with van der Waals surface area (Å²) < 4.78 is 29.0. The molecule has 0 N–H and O–H groups in total. The van der Waals surface area contributed by atoms with Crippen LogP contribution in [0.1, 0.15) is 18.3 Å². The Kier molecular flexibility index (Phi) is 5.42. The molecule has 1 unspecified atom stereocenters. The second-order valence-electron chi connectivity index (χ2n) is 8.08. The van der Waals surface area contributed by atoms with E-state index in [0.717, 1.165) is 5.52 Å². The summed E-state index contributed by atoms with van der Waals surface area (Å²) >= 11 is 0. The van der Waals surface area contributed by atoms with Crippen LogP contribution in [0.5, 0.6) is 11.5 Å². The molecule has 0 saturated carbocycles. The normalized spacial score (nSPS) is 14.9. The van der Waals surface area contributed by atoms with Gasteiger partial charge < -0.3 is 18.9 Å². The van der Waals surface area contributed by atoms with Crippen LogP contribution in [0.25, 0.3) is 22.2 Å². The van der Waals surface area contributed by atoms with E-state index in [1.165, 1.54) is 6.07 Å². The number of para-hydroxylation sites is 2. The molecule has 0 fully saturated rings. The number of imidazole rings is 1. The molecule has 0 saturated heterocycles. The highest BCUT2D eigenvalue weighted by Crippen LogP contribution is 2.37. The molecule has 0 bridgehead atoms. The summed E-state index contributed by atoms with van der Waals surface area (Å²) in [7, 11) is 3.45. The number of amides is 1. The van der Waals surface area contributed by atoms with Gasteiger partial charge in [-0.2, -0.15) is 0 Å². The van der Waals surface area contributed by atoms with Gasteiger partial charge in [0.2, 0.25) is 5.91 Å². The number of hydrogen-bond donors (Lipinski definition) is 0. The summed E-state index contributed by atoms with van der Waals surface area (Å²) in [5, 5.41) is 0. The highest BCUT2D eigenvalue weighted by atomic mass is 19.1. The fourth-order valence-electron chi connectivity index (χ4n) is 3.98. The summed E-state index contributed by atoms with van der Waals surface area (Å²) in [5.41, 5.74) is 2.39. The van der Waals surface area contributed by atoms with Crippen LogP contribution in [0, 0.1) is 5.82 Å². The molecule has 3 heterocycles. The van der Waals surface area contributed by atoms with E-state index in [1.807, 2.05) is 28.8 Å². The Hall–Kier alpha value is -3.94. The Bertz CT molecular complexity index is 1320. The second-order valence-corrected chi connectivity index (χ2v) is 8.08. The van der Waals surface area contributed by atoms with Crippen molar-refractivity contribution in [2.45, 2.75) is 19.1 Å². The van der Waals surface area contributed by atoms with Crippen LogP contribution in [0.2, 0.25) is 0 Å². The van der Waals surface area contributed by atoms with E-state index in [-0.39, 0.29) is 24.8 Å². The van der Waals surface area contributed by atoms with Gasteiger partial charge in [0.1, 0.15) is 12.4 Å². The lowest BCUT2D eigenvalue weighted by molar-refractivity contribution is -0.128. The van der Waals surface area contributed by atoms with Crippen molar-refractivity contribution in [3.05, 3.63) is 72.6 Å². The molecule has 2 aromatic carbocycles. The van der Waals surface area contributed by atoms with Gasteiger partial charge in [0.15, 0.2) is 23.4 Å². The average molecular weight is 446 g/mol. The van der Waals surface area contributed by atoms with E-state index in [1.54, 1.807) is 49.6 Å².